The van der Waals surface area contributed by atoms with Crippen molar-refractivity contribution in [3.05, 3.63) is 70.3 Å². The number of rotatable bonds is 3. The molecule has 4 aliphatic rings. The minimum Gasteiger partial charge on any atom is -0.460 e. The summed E-state index contributed by atoms with van der Waals surface area (Å²) in [6, 6.07) is 10.5. The van der Waals surface area contributed by atoms with E-state index < -0.39 is 65.6 Å². The molecule has 3 aromatic rings. The molecule has 7 rings (SSSR count). The molecule has 13 nitrogen and oxygen atoms in total. The minimum atomic E-state index is -1.41. The number of aromatic nitrogens is 4. The molecule has 0 aliphatic carbocycles. The standard InChI is InChI=1S/C38H44N4O9/c1-16-9-22-11-31-37(6,35-29(46)14-27(44)18(3)49-35)33(47)25(41-31)10-21-8-17(2)24(39-21)13-32-38(7,34(48)26(42-32)12-23(16)40-22)36-30(51-20(5)43)15-28(45)19(4)50-36/h8-13,18-19,27-30,35-36,39-40,44-46H,14-15H2,1-7H3/t18-,19+,27+,28-,29-,30+,35?,36?,37?,38?/m0/s1. The number of ketones is 2. The summed E-state index contributed by atoms with van der Waals surface area (Å²) in [5.74, 6) is -1.23. The van der Waals surface area contributed by atoms with Crippen molar-refractivity contribution in [2.24, 2.45) is 0 Å². The number of hydrogen-bond donors (Lipinski definition) is 5. The van der Waals surface area contributed by atoms with Gasteiger partial charge in [-0.05, 0) is 89.1 Å². The first kappa shape index (κ1) is 35.1. The zero-order chi connectivity index (χ0) is 36.7. The summed E-state index contributed by atoms with van der Waals surface area (Å²) in [4.78, 5) is 57.5. The van der Waals surface area contributed by atoms with Crippen molar-refractivity contribution in [1.29, 1.82) is 0 Å². The molecule has 3 aromatic heterocycles. The number of nitrogens with zero attached hydrogens (tertiary/aromatic N) is 2. The second kappa shape index (κ2) is 12.4. The van der Waals surface area contributed by atoms with E-state index in [1.807, 2.05) is 26.0 Å². The zero-order valence-corrected chi connectivity index (χ0v) is 29.7. The molecule has 10 atom stereocenters. The van der Waals surface area contributed by atoms with Crippen molar-refractivity contribution < 1.29 is 43.9 Å². The maximum atomic E-state index is 14.6. The van der Waals surface area contributed by atoms with E-state index in [1.54, 1.807) is 52.0 Å². The second-order valence-corrected chi connectivity index (χ2v) is 14.9. The quantitative estimate of drug-likeness (QED) is 0.251. The van der Waals surface area contributed by atoms with E-state index in [0.717, 1.165) is 11.1 Å². The Morgan fingerprint density at radius 2 is 1.24 bits per heavy atom. The molecular formula is C38H44N4O9. The number of hydrogen-bond acceptors (Lipinski definition) is 11. The van der Waals surface area contributed by atoms with Gasteiger partial charge in [0.1, 0.15) is 40.5 Å². The smallest absolute Gasteiger partial charge is 0.302 e. The van der Waals surface area contributed by atoms with Gasteiger partial charge in [0.25, 0.3) is 0 Å². The first-order valence-electron chi connectivity index (χ1n) is 17.3. The Morgan fingerprint density at radius 1 is 0.745 bits per heavy atom. The van der Waals surface area contributed by atoms with Crippen molar-refractivity contribution in [3.8, 4) is 0 Å². The number of aromatic amines is 2. The number of fused-ring (bicyclic) bond motifs is 8. The number of aliphatic hydroxyl groups excluding tert-OH is 3. The van der Waals surface area contributed by atoms with E-state index in [2.05, 4.69) is 9.97 Å². The largest absolute Gasteiger partial charge is 0.460 e. The van der Waals surface area contributed by atoms with Crippen molar-refractivity contribution in [3.63, 3.8) is 0 Å². The van der Waals surface area contributed by atoms with Gasteiger partial charge in [-0.2, -0.15) is 0 Å². The summed E-state index contributed by atoms with van der Waals surface area (Å²) in [5.41, 5.74) is 2.26. The van der Waals surface area contributed by atoms with Gasteiger partial charge in [-0.25, -0.2) is 9.97 Å². The summed E-state index contributed by atoms with van der Waals surface area (Å²) < 4.78 is 18.1. The van der Waals surface area contributed by atoms with Crippen LogP contribution in [-0.4, -0.2) is 102 Å². The molecule has 4 aliphatic heterocycles. The lowest BCUT2D eigenvalue weighted by Crippen LogP contribution is -2.57. The Kier molecular flexibility index (Phi) is 8.58. The van der Waals surface area contributed by atoms with Crippen molar-refractivity contribution in [1.82, 2.24) is 19.9 Å². The second-order valence-electron chi connectivity index (χ2n) is 14.9. The van der Waals surface area contributed by atoms with Crippen LogP contribution in [0.15, 0.2) is 36.4 Å². The predicted molar refractivity (Wildman–Crippen MR) is 185 cm³/mol. The molecule has 0 radical (unpaired) electrons. The first-order chi connectivity index (χ1) is 24.0. The minimum absolute atomic E-state index is 0.0532. The third-order valence-electron chi connectivity index (χ3n) is 11.2. The molecule has 0 amide bonds. The molecule has 0 aromatic carbocycles. The molecule has 0 saturated carbocycles. The van der Waals surface area contributed by atoms with Crippen LogP contribution in [0.2, 0.25) is 0 Å². The topological polar surface area (TPSA) is 197 Å². The molecule has 5 N–H and O–H groups in total. The fourth-order valence-electron chi connectivity index (χ4n) is 7.98. The molecule has 0 spiro atoms. The Morgan fingerprint density at radius 3 is 1.84 bits per heavy atom. The number of Topliss-reactive ketones (excluding diaryl/α,β-unsaturated/α-hetero) is 2. The van der Waals surface area contributed by atoms with Crippen molar-refractivity contribution >= 4 is 39.6 Å². The van der Waals surface area contributed by atoms with Crippen molar-refractivity contribution in [2.45, 2.75) is 121 Å². The van der Waals surface area contributed by atoms with Crippen LogP contribution in [0, 0.1) is 13.8 Å². The van der Waals surface area contributed by atoms with Gasteiger partial charge < -0.3 is 39.5 Å². The van der Waals surface area contributed by atoms with E-state index in [0.29, 0.717) is 33.5 Å². The average Bonchev–Trinajstić information content (AvgIpc) is 3.72. The Balaban J connectivity index is 1.46. The highest BCUT2D eigenvalue weighted by atomic mass is 16.6. The van der Waals surface area contributed by atoms with Crippen molar-refractivity contribution in [2.75, 3.05) is 0 Å². The third kappa shape index (κ3) is 5.71. The summed E-state index contributed by atoms with van der Waals surface area (Å²) in [6.07, 6.45) is -6.84. The Labute approximate surface area is 294 Å². The van der Waals surface area contributed by atoms with Gasteiger partial charge in [0.05, 0.1) is 41.9 Å². The number of ether oxygens (including phenoxy) is 3. The normalized spacial score (nSPS) is 34.1. The van der Waals surface area contributed by atoms with Gasteiger partial charge in [-0.15, -0.1) is 0 Å². The van der Waals surface area contributed by atoms with Gasteiger partial charge in [0.15, 0.2) is 11.6 Å². The van der Waals surface area contributed by atoms with E-state index in [-0.39, 0.29) is 35.8 Å². The van der Waals surface area contributed by atoms with Gasteiger partial charge in [0, 0.05) is 41.8 Å². The van der Waals surface area contributed by atoms with E-state index >= 15 is 0 Å². The summed E-state index contributed by atoms with van der Waals surface area (Å²) >= 11 is 0. The fourth-order valence-corrected chi connectivity index (χ4v) is 7.98. The number of aryl methyl sites for hydroxylation is 2. The van der Waals surface area contributed by atoms with E-state index in [9.17, 15) is 29.7 Å². The number of esters is 1. The highest BCUT2D eigenvalue weighted by Gasteiger charge is 2.57. The number of nitrogens with one attached hydrogen (secondary N) is 2. The molecular weight excluding hydrogens is 656 g/mol. The summed E-state index contributed by atoms with van der Waals surface area (Å²) in [5, 5.41) is 32.1. The molecule has 4 unspecified atom stereocenters. The highest BCUT2D eigenvalue weighted by molar-refractivity contribution is 6.07. The van der Waals surface area contributed by atoms with Crippen LogP contribution in [0.4, 0.5) is 0 Å². The lowest BCUT2D eigenvalue weighted by molar-refractivity contribution is -0.197. The van der Waals surface area contributed by atoms with Crippen LogP contribution >= 0.6 is 0 Å². The maximum absolute atomic E-state index is 14.6. The number of H-pyrrole nitrogens is 2. The summed E-state index contributed by atoms with van der Waals surface area (Å²) in [7, 11) is 0. The van der Waals surface area contributed by atoms with Crippen LogP contribution < -0.4 is 0 Å². The van der Waals surface area contributed by atoms with E-state index in [1.165, 1.54) is 6.92 Å². The fraction of sp³-hybridized carbons (Fsp3) is 0.500. The van der Waals surface area contributed by atoms with Gasteiger partial charge in [0.2, 0.25) is 0 Å². The number of aliphatic hydroxyl groups is 3. The molecule has 7 heterocycles. The van der Waals surface area contributed by atoms with Gasteiger partial charge in [-0.1, -0.05) is 0 Å². The molecule has 270 valence electrons. The van der Waals surface area contributed by atoms with Crippen LogP contribution in [0.5, 0.6) is 0 Å². The number of carbonyl (C=O) groups is 3. The third-order valence-corrected chi connectivity index (χ3v) is 11.2. The predicted octanol–water partition coefficient (Wildman–Crippen LogP) is 3.58. The lowest BCUT2D eigenvalue weighted by Gasteiger charge is -2.44. The van der Waals surface area contributed by atoms with Crippen LogP contribution in [0.25, 0.3) is 22.1 Å². The summed E-state index contributed by atoms with van der Waals surface area (Å²) in [6.45, 7) is 11.9. The zero-order valence-electron chi connectivity index (χ0n) is 29.7. The van der Waals surface area contributed by atoms with E-state index in [4.69, 9.17) is 24.2 Å². The highest BCUT2D eigenvalue weighted by Crippen LogP contribution is 2.43. The molecule has 51 heavy (non-hydrogen) atoms. The molecule has 2 fully saturated rings. The SMILES string of the molecule is CC(=O)O[C@@H]1C[C@H](O)[C@@H](C)OC1C1(C)C(=O)c2cc3[nH]c(cc4nc(cc5cc(C)c(cc1n2)[nH]5)C(=O)C4(C)C1O[C@@H](C)[C@H](O)C[C@@H]1O)cc3C. The van der Waals surface area contributed by atoms with Crippen LogP contribution in [0.3, 0.4) is 0 Å². The Bertz CT molecular complexity index is 2110. The molecule has 8 bridgehead atoms. The molecule has 2 saturated heterocycles. The number of carbonyl (C=O) groups excluding carboxylic acids is 3. The average molecular weight is 701 g/mol. The lowest BCUT2D eigenvalue weighted by atomic mass is 9.73. The van der Waals surface area contributed by atoms with Gasteiger partial charge >= 0.3 is 5.97 Å². The monoisotopic (exact) mass is 700 g/mol. The Hall–Kier alpha value is -4.27. The maximum Gasteiger partial charge on any atom is 0.302 e. The van der Waals surface area contributed by atoms with Gasteiger partial charge in [-0.3, -0.25) is 14.4 Å². The first-order valence-corrected chi connectivity index (χ1v) is 17.3. The molecule has 13 heteroatoms. The van der Waals surface area contributed by atoms with Crippen LogP contribution in [0.1, 0.15) is 91.0 Å². The van der Waals surface area contributed by atoms with Crippen LogP contribution in [-0.2, 0) is 29.8 Å².